The minimum atomic E-state index is -0.882. The van der Waals surface area contributed by atoms with Crippen molar-refractivity contribution in [2.24, 2.45) is 0 Å². The van der Waals surface area contributed by atoms with Gasteiger partial charge in [-0.3, -0.25) is 4.79 Å². The lowest BCUT2D eigenvalue weighted by Crippen LogP contribution is -2.07. The van der Waals surface area contributed by atoms with Crippen molar-refractivity contribution in [2.45, 2.75) is 12.8 Å². The fourth-order valence-electron chi connectivity index (χ4n) is 0.589. The summed E-state index contributed by atoms with van der Waals surface area (Å²) in [6.45, 7) is 1.58. The molecule has 0 bridgehead atoms. The number of hydrogen-bond acceptors (Lipinski definition) is 3. The lowest BCUT2D eigenvalue weighted by molar-refractivity contribution is -0.138. The molecule has 60 valence electrons. The number of carbonyl (C=O) groups is 1. The SMILES string of the molecule is CC(C(=O)O)c1csc(Cl)n1. The van der Waals surface area contributed by atoms with Gasteiger partial charge in [-0.25, -0.2) is 4.98 Å². The van der Waals surface area contributed by atoms with Crippen LogP contribution in [-0.2, 0) is 4.79 Å². The first-order valence-electron chi connectivity index (χ1n) is 2.95. The van der Waals surface area contributed by atoms with Gasteiger partial charge in [-0.15, -0.1) is 11.3 Å². The predicted molar refractivity (Wildman–Crippen MR) is 43.2 cm³/mol. The summed E-state index contributed by atoms with van der Waals surface area (Å²) < 4.78 is 0.383. The molecule has 0 amide bonds. The quantitative estimate of drug-likeness (QED) is 0.778. The summed E-state index contributed by atoms with van der Waals surface area (Å²) in [6, 6.07) is 0. The molecule has 0 aliphatic heterocycles. The molecule has 3 nitrogen and oxygen atoms in total. The fraction of sp³-hybridized carbons (Fsp3) is 0.333. The van der Waals surface area contributed by atoms with Crippen molar-refractivity contribution in [3.63, 3.8) is 0 Å². The molecular weight excluding hydrogens is 186 g/mol. The third-order valence-corrected chi connectivity index (χ3v) is 2.30. The summed E-state index contributed by atoms with van der Waals surface area (Å²) in [4.78, 5) is 14.3. The molecule has 0 spiro atoms. The predicted octanol–water partition coefficient (Wildman–Crippen LogP) is 1.98. The topological polar surface area (TPSA) is 50.2 Å². The molecule has 0 saturated carbocycles. The average Bonchev–Trinajstić information content (AvgIpc) is 2.34. The van der Waals surface area contributed by atoms with Gasteiger partial charge in [0.25, 0.3) is 0 Å². The highest BCUT2D eigenvalue weighted by molar-refractivity contribution is 7.14. The first-order chi connectivity index (χ1) is 5.11. The smallest absolute Gasteiger partial charge is 0.312 e. The Morgan fingerprint density at radius 1 is 1.91 bits per heavy atom. The van der Waals surface area contributed by atoms with E-state index in [-0.39, 0.29) is 0 Å². The fourth-order valence-corrected chi connectivity index (χ4v) is 1.45. The van der Waals surface area contributed by atoms with Crippen molar-refractivity contribution >= 4 is 28.9 Å². The van der Waals surface area contributed by atoms with Gasteiger partial charge in [0.1, 0.15) is 0 Å². The maximum atomic E-state index is 10.4. The van der Waals surface area contributed by atoms with Crippen LogP contribution in [0.2, 0.25) is 4.47 Å². The van der Waals surface area contributed by atoms with Crippen molar-refractivity contribution < 1.29 is 9.90 Å². The van der Waals surface area contributed by atoms with Crippen LogP contribution < -0.4 is 0 Å². The minimum absolute atomic E-state index is 0.383. The zero-order chi connectivity index (χ0) is 8.43. The van der Waals surface area contributed by atoms with Crippen molar-refractivity contribution in [2.75, 3.05) is 0 Å². The highest BCUT2D eigenvalue weighted by Crippen LogP contribution is 2.21. The maximum absolute atomic E-state index is 10.4. The zero-order valence-corrected chi connectivity index (χ0v) is 7.32. The second kappa shape index (κ2) is 3.19. The van der Waals surface area contributed by atoms with Crippen LogP contribution in [0.4, 0.5) is 0 Å². The van der Waals surface area contributed by atoms with Crippen LogP contribution in [0.25, 0.3) is 0 Å². The highest BCUT2D eigenvalue weighted by Gasteiger charge is 2.16. The van der Waals surface area contributed by atoms with Gasteiger partial charge in [-0.05, 0) is 6.92 Å². The van der Waals surface area contributed by atoms with E-state index in [4.69, 9.17) is 16.7 Å². The molecule has 1 N–H and O–H groups in total. The van der Waals surface area contributed by atoms with Crippen LogP contribution in [0.3, 0.4) is 0 Å². The standard InChI is InChI=1S/C6H6ClNO2S/c1-3(5(9)10)4-2-11-6(7)8-4/h2-3H,1H3,(H,9,10). The molecule has 1 unspecified atom stereocenters. The van der Waals surface area contributed by atoms with Crippen LogP contribution in [0.15, 0.2) is 5.38 Å². The maximum Gasteiger partial charge on any atom is 0.312 e. The zero-order valence-electron chi connectivity index (χ0n) is 5.74. The van der Waals surface area contributed by atoms with E-state index in [1.165, 1.54) is 11.3 Å². The Labute approximate surface area is 72.6 Å². The Kier molecular flexibility index (Phi) is 2.46. The number of carboxylic acid groups (broad SMARTS) is 1. The number of carboxylic acids is 1. The van der Waals surface area contributed by atoms with Crippen LogP contribution in [-0.4, -0.2) is 16.1 Å². The third kappa shape index (κ3) is 1.91. The largest absolute Gasteiger partial charge is 0.481 e. The second-order valence-corrected chi connectivity index (χ2v) is 3.53. The lowest BCUT2D eigenvalue weighted by atomic mass is 10.1. The van der Waals surface area contributed by atoms with E-state index in [0.29, 0.717) is 10.2 Å². The summed E-state index contributed by atoms with van der Waals surface area (Å²) in [7, 11) is 0. The summed E-state index contributed by atoms with van der Waals surface area (Å²) in [5.41, 5.74) is 0.521. The van der Waals surface area contributed by atoms with E-state index in [0.717, 1.165) is 0 Å². The number of aromatic nitrogens is 1. The Bertz CT molecular complexity index is 273. The van der Waals surface area contributed by atoms with Crippen molar-refractivity contribution in [3.05, 3.63) is 15.5 Å². The van der Waals surface area contributed by atoms with Gasteiger partial charge < -0.3 is 5.11 Å². The van der Waals surface area contributed by atoms with Gasteiger partial charge in [0.2, 0.25) is 0 Å². The number of halogens is 1. The Hall–Kier alpha value is -0.610. The van der Waals surface area contributed by atoms with Crippen LogP contribution in [0.1, 0.15) is 18.5 Å². The van der Waals surface area contributed by atoms with Gasteiger partial charge in [-0.2, -0.15) is 0 Å². The van der Waals surface area contributed by atoms with Crippen LogP contribution in [0.5, 0.6) is 0 Å². The lowest BCUT2D eigenvalue weighted by Gasteiger charge is -1.98. The van der Waals surface area contributed by atoms with Crippen LogP contribution >= 0.6 is 22.9 Å². The normalized spacial score (nSPS) is 12.9. The van der Waals surface area contributed by atoms with Crippen molar-refractivity contribution in [1.29, 1.82) is 0 Å². The molecular formula is C6H6ClNO2S. The van der Waals surface area contributed by atoms with Gasteiger partial charge in [0.05, 0.1) is 11.6 Å². The van der Waals surface area contributed by atoms with E-state index in [1.807, 2.05) is 0 Å². The molecule has 1 heterocycles. The summed E-state index contributed by atoms with van der Waals surface area (Å²) in [6.07, 6.45) is 0. The minimum Gasteiger partial charge on any atom is -0.481 e. The van der Waals surface area contributed by atoms with Crippen molar-refractivity contribution in [1.82, 2.24) is 4.98 Å². The van der Waals surface area contributed by atoms with E-state index in [9.17, 15) is 4.79 Å². The van der Waals surface area contributed by atoms with E-state index in [1.54, 1.807) is 12.3 Å². The molecule has 0 aliphatic carbocycles. The molecule has 0 fully saturated rings. The third-order valence-electron chi connectivity index (χ3n) is 1.31. The van der Waals surface area contributed by atoms with Crippen LogP contribution in [0, 0.1) is 0 Å². The molecule has 1 aromatic heterocycles. The van der Waals surface area contributed by atoms with Gasteiger partial charge in [0.15, 0.2) is 4.47 Å². The van der Waals surface area contributed by atoms with E-state index in [2.05, 4.69) is 4.98 Å². The summed E-state index contributed by atoms with van der Waals surface area (Å²) in [5, 5.41) is 10.2. The molecule has 0 aliphatic rings. The molecule has 0 aromatic carbocycles. The number of hydrogen-bond donors (Lipinski definition) is 1. The Morgan fingerprint density at radius 2 is 2.55 bits per heavy atom. The monoisotopic (exact) mass is 191 g/mol. The average molecular weight is 192 g/mol. The molecule has 0 saturated heterocycles. The number of rotatable bonds is 2. The molecule has 1 rings (SSSR count). The molecule has 1 atom stereocenters. The number of aliphatic carboxylic acids is 1. The van der Waals surface area contributed by atoms with Crippen molar-refractivity contribution in [3.8, 4) is 0 Å². The first-order valence-corrected chi connectivity index (χ1v) is 4.20. The highest BCUT2D eigenvalue weighted by atomic mass is 35.5. The number of thiazole rings is 1. The van der Waals surface area contributed by atoms with Gasteiger partial charge in [-0.1, -0.05) is 11.6 Å². The number of nitrogens with zero attached hydrogens (tertiary/aromatic N) is 1. The molecule has 1 aromatic rings. The summed E-state index contributed by atoms with van der Waals surface area (Å²) in [5.74, 6) is -1.45. The van der Waals surface area contributed by atoms with E-state index < -0.39 is 11.9 Å². The second-order valence-electron chi connectivity index (χ2n) is 2.09. The first kappa shape index (κ1) is 8.49. The van der Waals surface area contributed by atoms with Gasteiger partial charge >= 0.3 is 5.97 Å². The Morgan fingerprint density at radius 3 is 2.91 bits per heavy atom. The molecule has 11 heavy (non-hydrogen) atoms. The molecule has 0 radical (unpaired) electrons. The summed E-state index contributed by atoms with van der Waals surface area (Å²) >= 11 is 6.76. The Balaban J connectivity index is 2.84. The molecule has 5 heteroatoms. The van der Waals surface area contributed by atoms with Gasteiger partial charge in [0, 0.05) is 5.38 Å². The van der Waals surface area contributed by atoms with E-state index >= 15 is 0 Å².